The molecule has 0 atom stereocenters. The number of rotatable bonds is 0. The summed E-state index contributed by atoms with van der Waals surface area (Å²) in [7, 11) is 0. The van der Waals surface area contributed by atoms with Gasteiger partial charge in [-0.15, -0.1) is 0 Å². The van der Waals surface area contributed by atoms with E-state index in [4.69, 9.17) is 29.0 Å². The number of hydrogen-bond donors (Lipinski definition) is 1. The molecule has 0 unspecified atom stereocenters. The Kier molecular flexibility index (Phi) is 1.67. The summed E-state index contributed by atoms with van der Waals surface area (Å²) < 4.78 is 1.49. The number of nitrogens with two attached hydrogens (primary N) is 1. The van der Waals surface area contributed by atoms with Crippen molar-refractivity contribution in [1.29, 1.82) is 0 Å². The van der Waals surface area contributed by atoms with Crippen molar-refractivity contribution in [3.8, 4) is 0 Å². The average molecular weight is 201 g/mol. The number of fused-ring (bicyclic) bond motifs is 1. The van der Waals surface area contributed by atoms with Crippen molar-refractivity contribution < 1.29 is 0 Å². The third kappa shape index (κ3) is 1.04. The van der Waals surface area contributed by atoms with Gasteiger partial charge >= 0.3 is 0 Å². The van der Waals surface area contributed by atoms with E-state index >= 15 is 0 Å². The quantitative estimate of drug-likeness (QED) is 0.652. The molecule has 0 amide bonds. The zero-order valence-electron chi connectivity index (χ0n) is 6.09. The normalized spacial score (nSPS) is 10.8. The van der Waals surface area contributed by atoms with E-state index in [1.807, 2.05) is 6.07 Å². The first-order valence-electron chi connectivity index (χ1n) is 3.39. The van der Waals surface area contributed by atoms with Crippen molar-refractivity contribution in [3.05, 3.63) is 34.4 Å². The van der Waals surface area contributed by atoms with E-state index < -0.39 is 0 Å². The molecule has 4 heteroatoms. The molecule has 1 heterocycles. The summed E-state index contributed by atoms with van der Waals surface area (Å²) in [5.74, 6) is 5.61. The lowest BCUT2D eigenvalue weighted by Gasteiger charge is -1.98. The highest BCUT2D eigenvalue weighted by atomic mass is 35.5. The summed E-state index contributed by atoms with van der Waals surface area (Å²) in [6.45, 7) is 0. The fourth-order valence-electron chi connectivity index (χ4n) is 1.18. The summed E-state index contributed by atoms with van der Waals surface area (Å²) in [5.41, 5.74) is 0.840. The maximum atomic E-state index is 5.92. The van der Waals surface area contributed by atoms with Crippen LogP contribution in [-0.2, 0) is 0 Å². The van der Waals surface area contributed by atoms with Gasteiger partial charge in [0.1, 0.15) is 0 Å². The summed E-state index contributed by atoms with van der Waals surface area (Å²) in [6, 6.07) is 5.34. The molecule has 0 aliphatic carbocycles. The molecule has 1 aromatic heterocycles. The van der Waals surface area contributed by atoms with E-state index in [1.165, 1.54) is 4.68 Å². The van der Waals surface area contributed by atoms with Crippen molar-refractivity contribution in [2.24, 2.45) is 0 Å². The first-order chi connectivity index (χ1) is 5.68. The lowest BCUT2D eigenvalue weighted by atomic mass is 10.2. The van der Waals surface area contributed by atoms with E-state index in [-0.39, 0.29) is 0 Å². The van der Waals surface area contributed by atoms with Crippen LogP contribution >= 0.6 is 23.2 Å². The molecule has 1 aromatic carbocycles. The van der Waals surface area contributed by atoms with E-state index in [2.05, 4.69) is 0 Å². The van der Waals surface area contributed by atoms with Gasteiger partial charge in [0, 0.05) is 16.6 Å². The van der Waals surface area contributed by atoms with Crippen molar-refractivity contribution in [3.63, 3.8) is 0 Å². The minimum absolute atomic E-state index is 0.595. The molecule has 0 fully saturated rings. The minimum atomic E-state index is 0.595. The Morgan fingerprint density at radius 3 is 2.75 bits per heavy atom. The van der Waals surface area contributed by atoms with Crippen LogP contribution in [0, 0.1) is 0 Å². The van der Waals surface area contributed by atoms with E-state index in [0.717, 1.165) is 10.9 Å². The number of benzene rings is 1. The monoisotopic (exact) mass is 200 g/mol. The molecule has 2 aromatic rings. The number of aromatic nitrogens is 1. The zero-order chi connectivity index (χ0) is 8.72. The highest BCUT2D eigenvalue weighted by Gasteiger charge is 2.03. The maximum Gasteiger partial charge on any atom is 0.0719 e. The second-order valence-corrected chi connectivity index (χ2v) is 3.39. The second kappa shape index (κ2) is 2.57. The van der Waals surface area contributed by atoms with Gasteiger partial charge in [0.05, 0.1) is 10.5 Å². The molecule has 0 radical (unpaired) electrons. The fraction of sp³-hybridized carbons (Fsp3) is 0. The molecule has 0 spiro atoms. The standard InChI is InChI=1S/C8H6Cl2N2/c9-5-3-7(10)6-1-2-12(11)8(6)4-5/h1-4H,11H2. The van der Waals surface area contributed by atoms with Gasteiger partial charge in [0.15, 0.2) is 0 Å². The number of halogens is 2. The largest absolute Gasteiger partial charge is 0.339 e. The van der Waals surface area contributed by atoms with Crippen molar-refractivity contribution in [2.45, 2.75) is 0 Å². The van der Waals surface area contributed by atoms with Crippen LogP contribution in [0.1, 0.15) is 0 Å². The fourth-order valence-corrected chi connectivity index (χ4v) is 1.73. The molecule has 62 valence electrons. The molecule has 0 saturated heterocycles. The number of nitrogens with zero attached hydrogens (tertiary/aromatic N) is 1. The highest BCUT2D eigenvalue weighted by Crippen LogP contribution is 2.27. The molecule has 2 N–H and O–H groups in total. The van der Waals surface area contributed by atoms with Crippen LogP contribution in [0.25, 0.3) is 10.9 Å². The average Bonchev–Trinajstić information content (AvgIpc) is 2.33. The lowest BCUT2D eigenvalue weighted by molar-refractivity contribution is 1.07. The smallest absolute Gasteiger partial charge is 0.0719 e. The van der Waals surface area contributed by atoms with Gasteiger partial charge in [-0.05, 0) is 18.2 Å². The molecule has 2 rings (SSSR count). The highest BCUT2D eigenvalue weighted by molar-refractivity contribution is 6.38. The summed E-state index contributed by atoms with van der Waals surface area (Å²) in [6.07, 6.45) is 1.74. The molecule has 0 bridgehead atoms. The maximum absolute atomic E-state index is 5.92. The first-order valence-corrected chi connectivity index (χ1v) is 4.15. The molecule has 0 aliphatic heterocycles. The zero-order valence-corrected chi connectivity index (χ0v) is 7.60. The second-order valence-electron chi connectivity index (χ2n) is 2.54. The lowest BCUT2D eigenvalue weighted by Crippen LogP contribution is -2.04. The Morgan fingerprint density at radius 1 is 1.25 bits per heavy atom. The van der Waals surface area contributed by atoms with Gasteiger partial charge < -0.3 is 5.84 Å². The third-order valence-electron chi connectivity index (χ3n) is 1.75. The molecular formula is C8H6Cl2N2. The molecule has 12 heavy (non-hydrogen) atoms. The Balaban J connectivity index is 2.92. The number of hydrogen-bond acceptors (Lipinski definition) is 1. The van der Waals surface area contributed by atoms with Gasteiger partial charge in [0.25, 0.3) is 0 Å². The van der Waals surface area contributed by atoms with Crippen LogP contribution in [-0.4, -0.2) is 4.68 Å². The van der Waals surface area contributed by atoms with Gasteiger partial charge in [0.2, 0.25) is 0 Å². The first kappa shape index (κ1) is 7.77. The van der Waals surface area contributed by atoms with Crippen molar-refractivity contribution >= 4 is 34.1 Å². The Bertz CT molecular complexity index is 434. The van der Waals surface area contributed by atoms with E-state index in [0.29, 0.717) is 10.0 Å². The van der Waals surface area contributed by atoms with Crippen LogP contribution < -0.4 is 5.84 Å². The van der Waals surface area contributed by atoms with Crippen molar-refractivity contribution in [1.82, 2.24) is 4.68 Å². The van der Waals surface area contributed by atoms with E-state index in [9.17, 15) is 0 Å². The number of nitrogen functional groups attached to an aromatic ring is 1. The Morgan fingerprint density at radius 2 is 2.00 bits per heavy atom. The van der Waals surface area contributed by atoms with Crippen LogP contribution in [0.3, 0.4) is 0 Å². The summed E-state index contributed by atoms with van der Waals surface area (Å²) in [4.78, 5) is 0. The molecule has 2 nitrogen and oxygen atoms in total. The molecule has 0 saturated carbocycles. The van der Waals surface area contributed by atoms with Crippen LogP contribution in [0.2, 0.25) is 10.0 Å². The van der Waals surface area contributed by atoms with Crippen LogP contribution in [0.15, 0.2) is 24.4 Å². The van der Waals surface area contributed by atoms with E-state index in [1.54, 1.807) is 18.3 Å². The topological polar surface area (TPSA) is 30.9 Å². The van der Waals surface area contributed by atoms with Gasteiger partial charge in [-0.25, -0.2) is 0 Å². The summed E-state index contributed by atoms with van der Waals surface area (Å²) in [5, 5.41) is 2.14. The SMILES string of the molecule is Nn1ccc2c(Cl)cc(Cl)cc21. The molecule has 0 aliphatic rings. The van der Waals surface area contributed by atoms with Gasteiger partial charge in [-0.3, -0.25) is 4.68 Å². The van der Waals surface area contributed by atoms with Crippen LogP contribution in [0.5, 0.6) is 0 Å². The van der Waals surface area contributed by atoms with Gasteiger partial charge in [-0.2, -0.15) is 0 Å². The Hall–Kier alpha value is -0.860. The predicted molar refractivity (Wildman–Crippen MR) is 52.1 cm³/mol. The molecular weight excluding hydrogens is 195 g/mol. The Labute approximate surface area is 79.4 Å². The minimum Gasteiger partial charge on any atom is -0.339 e. The third-order valence-corrected chi connectivity index (χ3v) is 2.28. The summed E-state index contributed by atoms with van der Waals surface area (Å²) >= 11 is 11.7. The van der Waals surface area contributed by atoms with Gasteiger partial charge in [-0.1, -0.05) is 23.2 Å². The van der Waals surface area contributed by atoms with Crippen LogP contribution in [0.4, 0.5) is 0 Å². The van der Waals surface area contributed by atoms with Crippen molar-refractivity contribution in [2.75, 3.05) is 5.84 Å². The predicted octanol–water partition coefficient (Wildman–Crippen LogP) is 2.66.